The quantitative estimate of drug-likeness (QED) is 0.518. The molecule has 0 bridgehead atoms. The minimum absolute atomic E-state index is 0.0977. The van der Waals surface area contributed by atoms with E-state index in [4.69, 9.17) is 4.74 Å². The van der Waals surface area contributed by atoms with Gasteiger partial charge in [-0.25, -0.2) is 4.99 Å². The minimum Gasteiger partial charge on any atom is -0.497 e. The number of halogens is 3. The molecular weight excluding hydrogens is 405 g/mol. The van der Waals surface area contributed by atoms with Crippen molar-refractivity contribution in [3.05, 3.63) is 101 Å². The molecule has 0 saturated heterocycles. The summed E-state index contributed by atoms with van der Waals surface area (Å²) >= 11 is 0. The molecule has 3 aromatic rings. The van der Waals surface area contributed by atoms with Crippen LogP contribution >= 0.6 is 0 Å². The highest BCUT2D eigenvalue weighted by atomic mass is 19.4. The van der Waals surface area contributed by atoms with Crippen LogP contribution in [0.2, 0.25) is 0 Å². The van der Waals surface area contributed by atoms with E-state index >= 15 is 0 Å². The lowest BCUT2D eigenvalue weighted by molar-refractivity contribution is -0.137. The zero-order chi connectivity index (χ0) is 22.0. The van der Waals surface area contributed by atoms with E-state index < -0.39 is 17.6 Å². The highest BCUT2D eigenvalue weighted by Gasteiger charge is 2.35. The van der Waals surface area contributed by atoms with Gasteiger partial charge in [-0.15, -0.1) is 0 Å². The average Bonchev–Trinajstić information content (AvgIpc) is 3.10. The number of alkyl halides is 3. The summed E-state index contributed by atoms with van der Waals surface area (Å²) in [5.74, 6) is 0.428. The van der Waals surface area contributed by atoms with Crippen molar-refractivity contribution in [1.29, 1.82) is 0 Å². The molecule has 0 spiro atoms. The van der Waals surface area contributed by atoms with Crippen molar-refractivity contribution < 1.29 is 22.7 Å². The molecule has 0 radical (unpaired) electrons. The molecule has 1 aliphatic rings. The van der Waals surface area contributed by atoms with Crippen LogP contribution < -0.4 is 9.64 Å². The molecule has 4 nitrogen and oxygen atoms in total. The van der Waals surface area contributed by atoms with Crippen molar-refractivity contribution in [2.45, 2.75) is 6.18 Å². The second kappa shape index (κ2) is 8.10. The zero-order valence-corrected chi connectivity index (χ0v) is 16.4. The van der Waals surface area contributed by atoms with Gasteiger partial charge in [0.1, 0.15) is 17.3 Å². The summed E-state index contributed by atoms with van der Waals surface area (Å²) in [4.78, 5) is 18.9. The normalized spacial score (nSPS) is 15.4. The fourth-order valence-electron chi connectivity index (χ4n) is 3.22. The lowest BCUT2D eigenvalue weighted by Crippen LogP contribution is -2.32. The fraction of sp³-hybridized carbons (Fsp3) is 0.0833. The van der Waals surface area contributed by atoms with Gasteiger partial charge in [-0.1, -0.05) is 48.5 Å². The molecule has 0 N–H and O–H groups in total. The SMILES string of the molecule is COc1ccc(C=C2N=C(c3ccccc3)N(c3cccc(C(F)(F)F)c3)C2=O)cc1. The third-order valence-corrected chi connectivity index (χ3v) is 4.74. The van der Waals surface area contributed by atoms with E-state index in [0.717, 1.165) is 12.1 Å². The first-order chi connectivity index (χ1) is 14.9. The number of hydrogen-bond acceptors (Lipinski definition) is 3. The van der Waals surface area contributed by atoms with Crippen molar-refractivity contribution in [3.63, 3.8) is 0 Å². The van der Waals surface area contributed by atoms with Gasteiger partial charge in [0.25, 0.3) is 5.91 Å². The number of aliphatic imine (C=N–C) groups is 1. The number of anilines is 1. The molecule has 156 valence electrons. The molecule has 3 aromatic carbocycles. The Morgan fingerprint density at radius 2 is 1.65 bits per heavy atom. The van der Waals surface area contributed by atoms with Crippen LogP contribution in [-0.4, -0.2) is 18.9 Å². The Hall–Kier alpha value is -3.87. The summed E-state index contributed by atoms with van der Waals surface area (Å²) in [7, 11) is 1.55. The number of carbonyl (C=O) groups is 1. The first kappa shape index (κ1) is 20.4. The number of carbonyl (C=O) groups excluding carboxylic acids is 1. The van der Waals surface area contributed by atoms with Gasteiger partial charge in [0.05, 0.1) is 18.4 Å². The molecule has 0 unspecified atom stereocenters. The second-order valence-corrected chi connectivity index (χ2v) is 6.79. The van der Waals surface area contributed by atoms with Gasteiger partial charge in [-0.3, -0.25) is 9.69 Å². The standard InChI is InChI=1S/C24H17F3N2O2/c1-31-20-12-10-16(11-13-20)14-21-23(30)29(22(28-21)17-6-3-2-4-7-17)19-9-5-8-18(15-19)24(25,26)27/h2-15H,1H3. The molecule has 7 heteroatoms. The van der Waals surface area contributed by atoms with Crippen LogP contribution in [-0.2, 0) is 11.0 Å². The van der Waals surface area contributed by atoms with Gasteiger partial charge in [-0.2, -0.15) is 13.2 Å². The number of methoxy groups -OCH3 is 1. The summed E-state index contributed by atoms with van der Waals surface area (Å²) in [6.45, 7) is 0. The predicted octanol–water partition coefficient (Wildman–Crippen LogP) is 5.55. The van der Waals surface area contributed by atoms with E-state index in [-0.39, 0.29) is 17.2 Å². The molecule has 0 atom stereocenters. The first-order valence-electron chi connectivity index (χ1n) is 9.38. The Morgan fingerprint density at radius 3 is 2.29 bits per heavy atom. The number of hydrogen-bond donors (Lipinski definition) is 0. The number of rotatable bonds is 4. The van der Waals surface area contributed by atoms with Gasteiger partial charge in [0, 0.05) is 5.56 Å². The van der Waals surface area contributed by atoms with Crippen LogP contribution in [0.4, 0.5) is 18.9 Å². The molecule has 1 aliphatic heterocycles. The van der Waals surface area contributed by atoms with E-state index in [1.165, 1.54) is 17.0 Å². The van der Waals surface area contributed by atoms with Gasteiger partial charge >= 0.3 is 6.18 Å². The maximum atomic E-state index is 13.2. The zero-order valence-electron chi connectivity index (χ0n) is 16.4. The fourth-order valence-corrected chi connectivity index (χ4v) is 3.22. The minimum atomic E-state index is -4.52. The van der Waals surface area contributed by atoms with Crippen molar-refractivity contribution in [2.75, 3.05) is 12.0 Å². The lowest BCUT2D eigenvalue weighted by atomic mass is 10.1. The third kappa shape index (κ3) is 4.21. The molecule has 0 aromatic heterocycles. The molecule has 1 heterocycles. The Bertz CT molecular complexity index is 1170. The first-order valence-corrected chi connectivity index (χ1v) is 9.38. The summed E-state index contributed by atoms with van der Waals surface area (Å²) in [6.07, 6.45) is -2.93. The largest absolute Gasteiger partial charge is 0.497 e. The maximum absolute atomic E-state index is 13.2. The average molecular weight is 422 g/mol. The predicted molar refractivity (Wildman–Crippen MR) is 113 cm³/mol. The summed E-state index contributed by atoms with van der Waals surface area (Å²) in [5.41, 5.74) is 0.720. The number of amides is 1. The molecule has 1 amide bonds. The topological polar surface area (TPSA) is 41.9 Å². The smallest absolute Gasteiger partial charge is 0.416 e. The highest BCUT2D eigenvalue weighted by Crippen LogP contribution is 2.34. The molecule has 0 fully saturated rings. The van der Waals surface area contributed by atoms with Crippen molar-refractivity contribution in [3.8, 4) is 5.75 Å². The van der Waals surface area contributed by atoms with Crippen molar-refractivity contribution in [2.24, 2.45) is 4.99 Å². The number of ether oxygens (including phenoxy) is 1. The summed E-state index contributed by atoms with van der Waals surface area (Å²) in [6, 6.07) is 20.6. The van der Waals surface area contributed by atoms with E-state index in [0.29, 0.717) is 16.9 Å². The van der Waals surface area contributed by atoms with E-state index in [2.05, 4.69) is 4.99 Å². The highest BCUT2D eigenvalue weighted by molar-refractivity contribution is 6.33. The molecular formula is C24H17F3N2O2. The van der Waals surface area contributed by atoms with Crippen molar-refractivity contribution in [1.82, 2.24) is 0 Å². The third-order valence-electron chi connectivity index (χ3n) is 4.74. The molecule has 0 saturated carbocycles. The molecule has 4 rings (SSSR count). The van der Waals surface area contributed by atoms with Gasteiger partial charge in [0.2, 0.25) is 0 Å². The monoisotopic (exact) mass is 422 g/mol. The Morgan fingerprint density at radius 1 is 0.935 bits per heavy atom. The lowest BCUT2D eigenvalue weighted by Gasteiger charge is -2.20. The number of benzene rings is 3. The maximum Gasteiger partial charge on any atom is 0.416 e. The molecule has 31 heavy (non-hydrogen) atoms. The van der Waals surface area contributed by atoms with Crippen LogP contribution in [0.3, 0.4) is 0 Å². The van der Waals surface area contributed by atoms with Crippen molar-refractivity contribution >= 4 is 23.5 Å². The number of nitrogens with zero attached hydrogens (tertiary/aromatic N) is 2. The Balaban J connectivity index is 1.80. The van der Waals surface area contributed by atoms with Crippen LogP contribution in [0.25, 0.3) is 6.08 Å². The van der Waals surface area contributed by atoms with E-state index in [1.54, 1.807) is 61.7 Å². The Kier molecular flexibility index (Phi) is 5.33. The second-order valence-electron chi connectivity index (χ2n) is 6.79. The number of amidine groups is 1. The van der Waals surface area contributed by atoms with Crippen LogP contribution in [0.1, 0.15) is 16.7 Å². The molecule has 0 aliphatic carbocycles. The van der Waals surface area contributed by atoms with Crippen LogP contribution in [0.15, 0.2) is 89.6 Å². The van der Waals surface area contributed by atoms with E-state index in [1.807, 2.05) is 6.07 Å². The Labute approximate surface area is 176 Å². The van der Waals surface area contributed by atoms with Crippen LogP contribution in [0, 0.1) is 0 Å². The van der Waals surface area contributed by atoms with Gasteiger partial charge < -0.3 is 4.74 Å². The van der Waals surface area contributed by atoms with E-state index in [9.17, 15) is 18.0 Å². The van der Waals surface area contributed by atoms with Crippen LogP contribution in [0.5, 0.6) is 5.75 Å². The van der Waals surface area contributed by atoms with Gasteiger partial charge in [-0.05, 0) is 42.0 Å². The summed E-state index contributed by atoms with van der Waals surface area (Å²) in [5, 5.41) is 0. The summed E-state index contributed by atoms with van der Waals surface area (Å²) < 4.78 is 44.9. The van der Waals surface area contributed by atoms with Gasteiger partial charge in [0.15, 0.2) is 0 Å².